The van der Waals surface area contributed by atoms with E-state index in [-0.39, 0.29) is 12.4 Å². The highest BCUT2D eigenvalue weighted by Gasteiger charge is 2.28. The largest absolute Gasteiger partial charge is 0.468 e. The number of pyridine rings is 1. The molecule has 0 aliphatic heterocycles. The lowest BCUT2D eigenvalue weighted by Crippen LogP contribution is -2.28. The van der Waals surface area contributed by atoms with Gasteiger partial charge in [-0.25, -0.2) is 9.78 Å². The lowest BCUT2D eigenvalue weighted by Gasteiger charge is -2.09. The minimum atomic E-state index is -4.41. The summed E-state index contributed by atoms with van der Waals surface area (Å²) in [5.74, 6) is -0.161. The predicted octanol–water partition coefficient (Wildman–Crippen LogP) is 1.19. The SMILES string of the molecule is NC(=O)NCc1ccnc(OCC(F)(F)F)c1. The first-order valence-electron chi connectivity index (χ1n) is 4.54. The number of nitrogens with two attached hydrogens (primary N) is 1. The van der Waals surface area contributed by atoms with Gasteiger partial charge in [0.05, 0.1) is 0 Å². The summed E-state index contributed by atoms with van der Waals surface area (Å²) in [6, 6.07) is 2.09. The van der Waals surface area contributed by atoms with Crippen LogP contribution < -0.4 is 15.8 Å². The quantitative estimate of drug-likeness (QED) is 0.841. The predicted molar refractivity (Wildman–Crippen MR) is 52.2 cm³/mol. The second-order valence-electron chi connectivity index (χ2n) is 3.12. The van der Waals surface area contributed by atoms with Gasteiger partial charge in [-0.2, -0.15) is 13.2 Å². The lowest BCUT2D eigenvalue weighted by molar-refractivity contribution is -0.154. The number of urea groups is 1. The molecule has 0 radical (unpaired) electrons. The van der Waals surface area contributed by atoms with E-state index in [0.29, 0.717) is 5.56 Å². The Balaban J connectivity index is 2.56. The molecule has 1 aromatic heterocycles. The fraction of sp³-hybridized carbons (Fsp3) is 0.333. The topological polar surface area (TPSA) is 77.2 Å². The van der Waals surface area contributed by atoms with E-state index in [1.165, 1.54) is 18.3 Å². The number of hydrogen-bond donors (Lipinski definition) is 2. The van der Waals surface area contributed by atoms with Crippen LogP contribution >= 0.6 is 0 Å². The molecule has 5 nitrogen and oxygen atoms in total. The van der Waals surface area contributed by atoms with Crippen LogP contribution in [0.2, 0.25) is 0 Å². The Hall–Kier alpha value is -1.99. The van der Waals surface area contributed by atoms with E-state index in [1.807, 2.05) is 0 Å². The zero-order valence-electron chi connectivity index (χ0n) is 8.62. The van der Waals surface area contributed by atoms with Crippen LogP contribution in [0.25, 0.3) is 0 Å². The Kier molecular flexibility index (Phi) is 4.13. The molecule has 0 saturated carbocycles. The summed E-state index contributed by atoms with van der Waals surface area (Å²) in [5, 5.41) is 2.29. The maximum absolute atomic E-state index is 11.9. The molecule has 0 atom stereocenters. The van der Waals surface area contributed by atoms with E-state index in [1.54, 1.807) is 0 Å². The van der Waals surface area contributed by atoms with E-state index < -0.39 is 18.8 Å². The van der Waals surface area contributed by atoms with Crippen LogP contribution in [0.5, 0.6) is 5.88 Å². The average Bonchev–Trinajstić information content (AvgIpc) is 2.23. The number of carbonyl (C=O) groups excluding carboxylic acids is 1. The highest BCUT2D eigenvalue weighted by molar-refractivity contribution is 5.71. The molecule has 2 amide bonds. The minimum Gasteiger partial charge on any atom is -0.468 e. The molecule has 0 aliphatic carbocycles. The minimum absolute atomic E-state index is 0.0975. The summed E-state index contributed by atoms with van der Waals surface area (Å²) >= 11 is 0. The van der Waals surface area contributed by atoms with E-state index >= 15 is 0 Å². The molecule has 17 heavy (non-hydrogen) atoms. The summed E-state index contributed by atoms with van der Waals surface area (Å²) in [5.41, 5.74) is 5.39. The Morgan fingerprint density at radius 2 is 2.24 bits per heavy atom. The maximum atomic E-state index is 11.9. The molecule has 0 bridgehead atoms. The molecule has 0 unspecified atom stereocenters. The number of halogens is 3. The van der Waals surface area contributed by atoms with Crippen molar-refractivity contribution in [3.05, 3.63) is 23.9 Å². The van der Waals surface area contributed by atoms with Crippen LogP contribution in [0.1, 0.15) is 5.56 Å². The summed E-state index contributed by atoms with van der Waals surface area (Å²) in [6.07, 6.45) is -3.13. The smallest absolute Gasteiger partial charge is 0.422 e. The Morgan fingerprint density at radius 1 is 1.53 bits per heavy atom. The van der Waals surface area contributed by atoms with Crippen molar-refractivity contribution in [2.45, 2.75) is 12.7 Å². The fourth-order valence-electron chi connectivity index (χ4n) is 0.984. The van der Waals surface area contributed by atoms with Gasteiger partial charge in [0.25, 0.3) is 0 Å². The number of primary amides is 1. The van der Waals surface area contributed by atoms with Gasteiger partial charge in [0.1, 0.15) is 0 Å². The zero-order chi connectivity index (χ0) is 12.9. The number of aromatic nitrogens is 1. The first-order chi connectivity index (χ1) is 7.87. The Bertz CT molecular complexity index is 395. The summed E-state index contributed by atoms with van der Waals surface area (Å²) in [4.78, 5) is 14.0. The van der Waals surface area contributed by atoms with E-state index in [4.69, 9.17) is 5.73 Å². The second-order valence-corrected chi connectivity index (χ2v) is 3.12. The standard InChI is InChI=1S/C9H10F3N3O2/c10-9(11,12)5-17-7-3-6(1-2-14-7)4-15-8(13)16/h1-3H,4-5H2,(H3,13,15,16). The molecule has 1 rings (SSSR count). The van der Waals surface area contributed by atoms with Crippen molar-refractivity contribution in [3.8, 4) is 5.88 Å². The van der Waals surface area contributed by atoms with Gasteiger partial charge in [-0.05, 0) is 11.6 Å². The van der Waals surface area contributed by atoms with Crippen LogP contribution in [-0.4, -0.2) is 23.8 Å². The first kappa shape index (κ1) is 13.1. The molecule has 3 N–H and O–H groups in total. The normalized spacial score (nSPS) is 11.0. The van der Waals surface area contributed by atoms with Gasteiger partial charge in [0.2, 0.25) is 5.88 Å². The third-order valence-electron chi connectivity index (χ3n) is 1.65. The number of alkyl halides is 3. The summed E-state index contributed by atoms with van der Waals surface area (Å²) < 4.78 is 40.0. The number of amides is 2. The number of ether oxygens (including phenoxy) is 1. The van der Waals surface area contributed by atoms with Crippen LogP contribution in [-0.2, 0) is 6.54 Å². The highest BCUT2D eigenvalue weighted by Crippen LogP contribution is 2.17. The van der Waals surface area contributed by atoms with Gasteiger partial charge in [0.15, 0.2) is 6.61 Å². The Morgan fingerprint density at radius 3 is 2.82 bits per heavy atom. The number of rotatable bonds is 4. The number of nitrogens with one attached hydrogen (secondary N) is 1. The van der Waals surface area contributed by atoms with Gasteiger partial charge in [-0.3, -0.25) is 0 Å². The molecule has 0 aromatic carbocycles. The summed E-state index contributed by atoms with van der Waals surface area (Å²) in [7, 11) is 0. The fourth-order valence-corrected chi connectivity index (χ4v) is 0.984. The number of nitrogens with zero attached hydrogens (tertiary/aromatic N) is 1. The van der Waals surface area contributed by atoms with Crippen molar-refractivity contribution in [2.75, 3.05) is 6.61 Å². The number of carbonyl (C=O) groups is 1. The molecule has 0 spiro atoms. The van der Waals surface area contributed by atoms with E-state index in [0.717, 1.165) is 0 Å². The summed E-state index contributed by atoms with van der Waals surface area (Å²) in [6.45, 7) is -1.31. The van der Waals surface area contributed by atoms with Crippen LogP contribution in [0.3, 0.4) is 0 Å². The van der Waals surface area contributed by atoms with Crippen LogP contribution in [0, 0.1) is 0 Å². The van der Waals surface area contributed by atoms with Gasteiger partial charge in [0, 0.05) is 18.8 Å². The lowest BCUT2D eigenvalue weighted by atomic mass is 10.2. The van der Waals surface area contributed by atoms with Crippen LogP contribution in [0.15, 0.2) is 18.3 Å². The van der Waals surface area contributed by atoms with Crippen LogP contribution in [0.4, 0.5) is 18.0 Å². The monoisotopic (exact) mass is 249 g/mol. The van der Waals surface area contributed by atoms with Gasteiger partial charge in [-0.15, -0.1) is 0 Å². The molecule has 8 heteroatoms. The maximum Gasteiger partial charge on any atom is 0.422 e. The van der Waals surface area contributed by atoms with Crippen molar-refractivity contribution >= 4 is 6.03 Å². The van der Waals surface area contributed by atoms with Gasteiger partial charge < -0.3 is 15.8 Å². The molecule has 0 aliphatic rings. The molecular formula is C9H10F3N3O2. The van der Waals surface area contributed by atoms with Crippen molar-refractivity contribution in [2.24, 2.45) is 5.73 Å². The van der Waals surface area contributed by atoms with Crippen molar-refractivity contribution < 1.29 is 22.7 Å². The molecular weight excluding hydrogens is 239 g/mol. The van der Waals surface area contributed by atoms with Crippen molar-refractivity contribution in [1.29, 1.82) is 0 Å². The molecule has 0 saturated heterocycles. The first-order valence-corrected chi connectivity index (χ1v) is 4.54. The molecule has 94 valence electrons. The third-order valence-corrected chi connectivity index (χ3v) is 1.65. The van der Waals surface area contributed by atoms with Crippen molar-refractivity contribution in [1.82, 2.24) is 10.3 Å². The van der Waals surface area contributed by atoms with Gasteiger partial charge in [-0.1, -0.05) is 0 Å². The molecule has 0 fully saturated rings. The highest BCUT2D eigenvalue weighted by atomic mass is 19.4. The second kappa shape index (κ2) is 5.37. The number of hydrogen-bond acceptors (Lipinski definition) is 3. The zero-order valence-corrected chi connectivity index (χ0v) is 8.62. The molecule has 1 heterocycles. The average molecular weight is 249 g/mol. The molecule has 1 aromatic rings. The Labute approximate surface area is 94.8 Å². The van der Waals surface area contributed by atoms with Gasteiger partial charge >= 0.3 is 12.2 Å². The van der Waals surface area contributed by atoms with E-state index in [2.05, 4.69) is 15.0 Å². The van der Waals surface area contributed by atoms with E-state index in [9.17, 15) is 18.0 Å². The van der Waals surface area contributed by atoms with Crippen molar-refractivity contribution in [3.63, 3.8) is 0 Å². The third kappa shape index (κ3) is 5.59.